The standard InChI is InChI=1S/C12H18FN3O/c1-3-12(2,8-14)16-11(17)15-10-6-4-5-9(13)7-10/h4-7H,3,8,14H2,1-2H3,(H2,15,16,17). The number of hydrogen-bond donors (Lipinski definition) is 3. The summed E-state index contributed by atoms with van der Waals surface area (Å²) in [6, 6.07) is 5.34. The number of anilines is 1. The van der Waals surface area contributed by atoms with E-state index in [4.69, 9.17) is 5.73 Å². The van der Waals surface area contributed by atoms with Crippen LogP contribution in [0.5, 0.6) is 0 Å². The van der Waals surface area contributed by atoms with Crippen LogP contribution in [0.25, 0.3) is 0 Å². The van der Waals surface area contributed by atoms with E-state index in [0.717, 1.165) is 6.42 Å². The number of hydrogen-bond acceptors (Lipinski definition) is 2. The lowest BCUT2D eigenvalue weighted by Crippen LogP contribution is -2.52. The van der Waals surface area contributed by atoms with Gasteiger partial charge in [0.1, 0.15) is 5.82 Å². The van der Waals surface area contributed by atoms with Gasteiger partial charge in [0.15, 0.2) is 0 Å². The molecule has 5 heteroatoms. The molecule has 0 saturated carbocycles. The van der Waals surface area contributed by atoms with Crippen LogP contribution in [0.1, 0.15) is 20.3 Å². The van der Waals surface area contributed by atoms with Crippen molar-refractivity contribution in [3.8, 4) is 0 Å². The number of halogens is 1. The minimum absolute atomic E-state index is 0.347. The Morgan fingerprint density at radius 3 is 2.76 bits per heavy atom. The molecule has 1 aromatic rings. The fourth-order valence-electron chi connectivity index (χ4n) is 1.29. The Kier molecular flexibility index (Phi) is 4.45. The number of amides is 2. The Bertz CT molecular complexity index is 391. The van der Waals surface area contributed by atoms with Gasteiger partial charge in [-0.25, -0.2) is 9.18 Å². The molecule has 0 saturated heterocycles. The zero-order valence-electron chi connectivity index (χ0n) is 10.1. The molecule has 4 N–H and O–H groups in total. The van der Waals surface area contributed by atoms with Crippen LogP contribution in [0.3, 0.4) is 0 Å². The lowest BCUT2D eigenvalue weighted by atomic mass is 10.00. The third kappa shape index (κ3) is 4.03. The summed E-state index contributed by atoms with van der Waals surface area (Å²) in [7, 11) is 0. The molecule has 0 aromatic heterocycles. The molecule has 0 bridgehead atoms. The smallest absolute Gasteiger partial charge is 0.319 e. The van der Waals surface area contributed by atoms with E-state index in [1.807, 2.05) is 13.8 Å². The van der Waals surface area contributed by atoms with Crippen LogP contribution in [0.4, 0.5) is 14.9 Å². The van der Waals surface area contributed by atoms with Crippen molar-refractivity contribution >= 4 is 11.7 Å². The molecule has 0 spiro atoms. The van der Waals surface area contributed by atoms with Crippen LogP contribution in [-0.4, -0.2) is 18.1 Å². The summed E-state index contributed by atoms with van der Waals surface area (Å²) in [4.78, 5) is 11.7. The Morgan fingerprint density at radius 1 is 1.53 bits per heavy atom. The Balaban J connectivity index is 2.61. The topological polar surface area (TPSA) is 67.1 Å². The maximum absolute atomic E-state index is 12.9. The third-order valence-electron chi connectivity index (χ3n) is 2.73. The first-order chi connectivity index (χ1) is 7.99. The number of urea groups is 1. The number of carbonyl (C=O) groups is 1. The highest BCUT2D eigenvalue weighted by molar-refractivity contribution is 5.89. The van der Waals surface area contributed by atoms with E-state index in [1.54, 1.807) is 6.07 Å². The summed E-state index contributed by atoms with van der Waals surface area (Å²) >= 11 is 0. The lowest BCUT2D eigenvalue weighted by molar-refractivity contribution is 0.238. The molecule has 1 rings (SSSR count). The average Bonchev–Trinajstić information content (AvgIpc) is 2.28. The SMILES string of the molecule is CCC(C)(CN)NC(=O)Nc1cccc(F)c1. The summed E-state index contributed by atoms with van der Waals surface area (Å²) in [5, 5.41) is 5.32. The van der Waals surface area contributed by atoms with Gasteiger partial charge in [-0.15, -0.1) is 0 Å². The summed E-state index contributed by atoms with van der Waals surface area (Å²) in [6.07, 6.45) is 0.722. The van der Waals surface area contributed by atoms with Crippen LogP contribution in [0.2, 0.25) is 0 Å². The van der Waals surface area contributed by atoms with Gasteiger partial charge in [-0.05, 0) is 31.5 Å². The van der Waals surface area contributed by atoms with Gasteiger partial charge in [-0.3, -0.25) is 0 Å². The van der Waals surface area contributed by atoms with Gasteiger partial charge >= 0.3 is 6.03 Å². The highest BCUT2D eigenvalue weighted by Crippen LogP contribution is 2.10. The molecule has 1 atom stereocenters. The number of nitrogens with two attached hydrogens (primary N) is 1. The molecule has 17 heavy (non-hydrogen) atoms. The van der Waals surface area contributed by atoms with E-state index in [9.17, 15) is 9.18 Å². The van der Waals surface area contributed by atoms with E-state index < -0.39 is 5.54 Å². The highest BCUT2D eigenvalue weighted by atomic mass is 19.1. The minimum Gasteiger partial charge on any atom is -0.331 e. The van der Waals surface area contributed by atoms with Crippen LogP contribution < -0.4 is 16.4 Å². The van der Waals surface area contributed by atoms with Gasteiger partial charge in [-0.2, -0.15) is 0 Å². The fraction of sp³-hybridized carbons (Fsp3) is 0.417. The van der Waals surface area contributed by atoms with Crippen molar-refractivity contribution < 1.29 is 9.18 Å². The molecule has 4 nitrogen and oxygen atoms in total. The Morgan fingerprint density at radius 2 is 2.24 bits per heavy atom. The second-order valence-corrected chi connectivity index (χ2v) is 4.21. The Hall–Kier alpha value is -1.62. The van der Waals surface area contributed by atoms with Crippen molar-refractivity contribution in [3.05, 3.63) is 30.1 Å². The molecular formula is C12H18FN3O. The first kappa shape index (κ1) is 13.4. The largest absolute Gasteiger partial charge is 0.331 e. The third-order valence-corrected chi connectivity index (χ3v) is 2.73. The molecule has 0 heterocycles. The van der Waals surface area contributed by atoms with Gasteiger partial charge in [0.2, 0.25) is 0 Å². The molecule has 2 amide bonds. The van der Waals surface area contributed by atoms with Crippen molar-refractivity contribution in [3.63, 3.8) is 0 Å². The lowest BCUT2D eigenvalue weighted by Gasteiger charge is -2.27. The van der Waals surface area contributed by atoms with Crippen LogP contribution in [0.15, 0.2) is 24.3 Å². The maximum atomic E-state index is 12.9. The molecule has 94 valence electrons. The summed E-state index contributed by atoms with van der Waals surface area (Å²) in [5.74, 6) is -0.389. The van der Waals surface area contributed by atoms with Gasteiger partial charge in [-0.1, -0.05) is 13.0 Å². The van der Waals surface area contributed by atoms with E-state index in [2.05, 4.69) is 10.6 Å². The molecule has 1 unspecified atom stereocenters. The number of nitrogens with one attached hydrogen (secondary N) is 2. The molecule has 0 aliphatic rings. The first-order valence-corrected chi connectivity index (χ1v) is 5.54. The molecule has 1 aromatic carbocycles. The van der Waals surface area contributed by atoms with Crippen molar-refractivity contribution in [2.45, 2.75) is 25.8 Å². The van der Waals surface area contributed by atoms with Gasteiger partial charge in [0.25, 0.3) is 0 Å². The van der Waals surface area contributed by atoms with Gasteiger partial charge in [0, 0.05) is 12.2 Å². The molecule has 0 radical (unpaired) electrons. The zero-order valence-corrected chi connectivity index (χ0v) is 10.1. The van der Waals surface area contributed by atoms with Gasteiger partial charge in [0.05, 0.1) is 5.54 Å². The van der Waals surface area contributed by atoms with Crippen molar-refractivity contribution in [1.29, 1.82) is 0 Å². The van der Waals surface area contributed by atoms with Crippen LogP contribution in [-0.2, 0) is 0 Å². The predicted molar refractivity (Wildman–Crippen MR) is 66.3 cm³/mol. The van der Waals surface area contributed by atoms with E-state index in [-0.39, 0.29) is 11.8 Å². The first-order valence-electron chi connectivity index (χ1n) is 5.54. The molecule has 0 aliphatic heterocycles. The number of benzene rings is 1. The van der Waals surface area contributed by atoms with E-state index >= 15 is 0 Å². The Labute approximate surface area is 100 Å². The van der Waals surface area contributed by atoms with Crippen LogP contribution in [0, 0.1) is 5.82 Å². The number of rotatable bonds is 4. The van der Waals surface area contributed by atoms with Crippen molar-refractivity contribution in [2.75, 3.05) is 11.9 Å². The summed E-state index contributed by atoms with van der Waals surface area (Å²) in [5.41, 5.74) is 5.55. The molecule has 0 aliphatic carbocycles. The number of carbonyl (C=O) groups excluding carboxylic acids is 1. The van der Waals surface area contributed by atoms with Crippen molar-refractivity contribution in [2.24, 2.45) is 5.73 Å². The van der Waals surface area contributed by atoms with Crippen molar-refractivity contribution in [1.82, 2.24) is 5.32 Å². The second kappa shape index (κ2) is 5.63. The van der Waals surface area contributed by atoms with E-state index in [1.165, 1.54) is 18.2 Å². The highest BCUT2D eigenvalue weighted by Gasteiger charge is 2.22. The summed E-state index contributed by atoms with van der Waals surface area (Å²) < 4.78 is 12.9. The average molecular weight is 239 g/mol. The monoisotopic (exact) mass is 239 g/mol. The fourth-order valence-corrected chi connectivity index (χ4v) is 1.29. The normalized spacial score (nSPS) is 13.9. The maximum Gasteiger partial charge on any atom is 0.319 e. The van der Waals surface area contributed by atoms with Gasteiger partial charge < -0.3 is 16.4 Å². The zero-order chi connectivity index (χ0) is 12.9. The van der Waals surface area contributed by atoms with E-state index in [0.29, 0.717) is 12.2 Å². The van der Waals surface area contributed by atoms with Crippen LogP contribution >= 0.6 is 0 Å². The quantitative estimate of drug-likeness (QED) is 0.753. The minimum atomic E-state index is -0.447. The second-order valence-electron chi connectivity index (χ2n) is 4.21. The summed E-state index contributed by atoms with van der Waals surface area (Å²) in [6.45, 7) is 4.15. The molecule has 0 fully saturated rings. The molecular weight excluding hydrogens is 221 g/mol. The predicted octanol–water partition coefficient (Wildman–Crippen LogP) is 2.07.